The van der Waals surface area contributed by atoms with Crippen molar-refractivity contribution in [3.8, 4) is 11.5 Å². The molecule has 0 aliphatic heterocycles. The Labute approximate surface area is 153 Å². The third-order valence-electron chi connectivity index (χ3n) is 3.94. The number of nitrogens with one attached hydrogen (secondary N) is 1. The van der Waals surface area contributed by atoms with Gasteiger partial charge in [-0.3, -0.25) is 4.79 Å². The van der Waals surface area contributed by atoms with E-state index in [0.717, 1.165) is 12.8 Å². The fourth-order valence-corrected chi connectivity index (χ4v) is 2.43. The largest absolute Gasteiger partial charge is 0.465 e. The summed E-state index contributed by atoms with van der Waals surface area (Å²) < 4.78 is 10.2. The van der Waals surface area contributed by atoms with Crippen LogP contribution in [-0.2, 0) is 16.0 Å². The van der Waals surface area contributed by atoms with Crippen LogP contribution in [0.1, 0.15) is 55.3 Å². The van der Waals surface area contributed by atoms with Crippen LogP contribution in [0.25, 0.3) is 11.5 Å². The molecule has 1 N–H and O–H groups in total. The third-order valence-corrected chi connectivity index (χ3v) is 3.94. The van der Waals surface area contributed by atoms with E-state index in [-0.39, 0.29) is 5.91 Å². The first-order valence-electron chi connectivity index (χ1n) is 8.92. The second kappa shape index (κ2) is 10.3. The van der Waals surface area contributed by atoms with Crippen LogP contribution < -0.4 is 5.32 Å². The number of amides is 1. The van der Waals surface area contributed by atoms with Gasteiger partial charge in [0.05, 0.1) is 12.7 Å². The number of ether oxygens (including phenoxy) is 1. The molecule has 0 saturated heterocycles. The molecule has 0 radical (unpaired) electrons. The number of carbonyl (C=O) groups excluding carboxylic acids is 2. The Balaban J connectivity index is 1.80. The van der Waals surface area contributed by atoms with Gasteiger partial charge in [0.2, 0.25) is 17.7 Å². The monoisotopic (exact) mass is 359 g/mol. The summed E-state index contributed by atoms with van der Waals surface area (Å²) in [5, 5.41) is 10.9. The molecule has 2 rings (SSSR count). The Hall–Kier alpha value is -2.70. The van der Waals surface area contributed by atoms with Crippen molar-refractivity contribution in [1.29, 1.82) is 0 Å². The van der Waals surface area contributed by atoms with E-state index in [2.05, 4.69) is 27.2 Å². The van der Waals surface area contributed by atoms with Gasteiger partial charge in [-0.15, -0.1) is 10.2 Å². The predicted octanol–water partition coefficient (Wildman–Crippen LogP) is 3.15. The summed E-state index contributed by atoms with van der Waals surface area (Å²) >= 11 is 0. The highest BCUT2D eigenvalue weighted by atomic mass is 16.5. The average Bonchev–Trinajstić information content (AvgIpc) is 3.15. The van der Waals surface area contributed by atoms with Gasteiger partial charge in [0.15, 0.2) is 0 Å². The van der Waals surface area contributed by atoms with Crippen molar-refractivity contribution in [2.75, 3.05) is 13.7 Å². The SMILES string of the molecule is CCCCCCNC(=O)CCc1nnc(-c2ccc(C(=O)OC)cc2)o1. The van der Waals surface area contributed by atoms with Gasteiger partial charge in [0.25, 0.3) is 0 Å². The standard InChI is InChI=1S/C19H25N3O4/c1-3-4-5-6-13-20-16(23)11-12-17-21-22-18(26-17)14-7-9-15(10-8-14)19(24)25-2/h7-10H,3-6,11-13H2,1-2H3,(H,20,23). The number of nitrogens with zero attached hydrogens (tertiary/aromatic N) is 2. The molecule has 1 heterocycles. The number of aryl methyl sites for hydroxylation is 1. The van der Waals surface area contributed by atoms with Crippen molar-refractivity contribution in [2.24, 2.45) is 0 Å². The van der Waals surface area contributed by atoms with E-state index in [0.29, 0.717) is 42.3 Å². The highest BCUT2D eigenvalue weighted by Gasteiger charge is 2.12. The van der Waals surface area contributed by atoms with Crippen molar-refractivity contribution in [3.05, 3.63) is 35.7 Å². The van der Waals surface area contributed by atoms with Crippen molar-refractivity contribution >= 4 is 11.9 Å². The molecule has 2 aromatic rings. The van der Waals surface area contributed by atoms with E-state index in [4.69, 9.17) is 4.42 Å². The molecule has 0 aliphatic carbocycles. The van der Waals surface area contributed by atoms with Crippen molar-refractivity contribution in [3.63, 3.8) is 0 Å². The van der Waals surface area contributed by atoms with E-state index >= 15 is 0 Å². The maximum atomic E-state index is 11.8. The van der Waals surface area contributed by atoms with Gasteiger partial charge in [-0.1, -0.05) is 26.2 Å². The van der Waals surface area contributed by atoms with Crippen LogP contribution in [0.2, 0.25) is 0 Å². The topological polar surface area (TPSA) is 94.3 Å². The van der Waals surface area contributed by atoms with E-state index < -0.39 is 5.97 Å². The number of hydrogen-bond donors (Lipinski definition) is 1. The number of methoxy groups -OCH3 is 1. The van der Waals surface area contributed by atoms with Crippen LogP contribution in [0.15, 0.2) is 28.7 Å². The average molecular weight is 359 g/mol. The number of hydrogen-bond acceptors (Lipinski definition) is 6. The molecule has 0 spiro atoms. The zero-order valence-electron chi connectivity index (χ0n) is 15.3. The van der Waals surface area contributed by atoms with Crippen molar-refractivity contribution in [1.82, 2.24) is 15.5 Å². The lowest BCUT2D eigenvalue weighted by molar-refractivity contribution is -0.121. The first-order chi connectivity index (χ1) is 12.6. The molecule has 7 nitrogen and oxygen atoms in total. The first kappa shape index (κ1) is 19.6. The fourth-order valence-electron chi connectivity index (χ4n) is 2.43. The Morgan fingerprint density at radius 3 is 2.58 bits per heavy atom. The second-order valence-electron chi connectivity index (χ2n) is 5.98. The number of esters is 1. The van der Waals surface area contributed by atoms with Crippen LogP contribution in [0.3, 0.4) is 0 Å². The molecule has 1 amide bonds. The van der Waals surface area contributed by atoms with E-state index in [9.17, 15) is 9.59 Å². The maximum Gasteiger partial charge on any atom is 0.337 e. The van der Waals surface area contributed by atoms with Crippen molar-refractivity contribution < 1.29 is 18.7 Å². The summed E-state index contributed by atoms with van der Waals surface area (Å²) in [6.45, 7) is 2.87. The van der Waals surface area contributed by atoms with Gasteiger partial charge in [-0.25, -0.2) is 4.79 Å². The van der Waals surface area contributed by atoms with Gasteiger partial charge < -0.3 is 14.5 Å². The van der Waals surface area contributed by atoms with E-state index in [1.54, 1.807) is 24.3 Å². The summed E-state index contributed by atoms with van der Waals surface area (Å²) in [5.74, 6) is 0.363. The van der Waals surface area contributed by atoms with Crippen molar-refractivity contribution in [2.45, 2.75) is 45.4 Å². The van der Waals surface area contributed by atoms with Gasteiger partial charge in [-0.05, 0) is 30.7 Å². The molecule has 140 valence electrons. The number of benzene rings is 1. The second-order valence-corrected chi connectivity index (χ2v) is 5.98. The first-order valence-corrected chi connectivity index (χ1v) is 8.92. The van der Waals surface area contributed by atoms with Crippen LogP contribution in [0.4, 0.5) is 0 Å². The predicted molar refractivity (Wildman–Crippen MR) is 96.5 cm³/mol. The molecule has 0 unspecified atom stereocenters. The number of aromatic nitrogens is 2. The Kier molecular flexibility index (Phi) is 7.79. The molecule has 26 heavy (non-hydrogen) atoms. The Morgan fingerprint density at radius 1 is 1.12 bits per heavy atom. The summed E-state index contributed by atoms with van der Waals surface area (Å²) in [5.41, 5.74) is 1.16. The summed E-state index contributed by atoms with van der Waals surface area (Å²) in [7, 11) is 1.34. The molecule has 1 aromatic carbocycles. The smallest absolute Gasteiger partial charge is 0.337 e. The van der Waals surface area contributed by atoms with Crippen LogP contribution in [-0.4, -0.2) is 35.7 Å². The molecule has 0 saturated carbocycles. The zero-order chi connectivity index (χ0) is 18.8. The molecule has 7 heteroatoms. The van der Waals surface area contributed by atoms with E-state index in [1.807, 2.05) is 0 Å². The molecule has 0 bridgehead atoms. The van der Waals surface area contributed by atoms with Crippen LogP contribution in [0.5, 0.6) is 0 Å². The summed E-state index contributed by atoms with van der Waals surface area (Å²) in [6.07, 6.45) is 5.23. The third kappa shape index (κ3) is 5.98. The molecule has 1 aromatic heterocycles. The minimum Gasteiger partial charge on any atom is -0.465 e. The van der Waals surface area contributed by atoms with Gasteiger partial charge >= 0.3 is 5.97 Å². The molecule has 0 fully saturated rings. The lowest BCUT2D eigenvalue weighted by atomic mass is 10.1. The highest BCUT2D eigenvalue weighted by Crippen LogP contribution is 2.19. The van der Waals surface area contributed by atoms with Crippen LogP contribution in [0, 0.1) is 0 Å². The quantitative estimate of drug-likeness (QED) is 0.517. The molecule has 0 aliphatic rings. The number of rotatable bonds is 10. The lowest BCUT2D eigenvalue weighted by Crippen LogP contribution is -2.24. The van der Waals surface area contributed by atoms with Gasteiger partial charge in [0, 0.05) is 24.9 Å². The summed E-state index contributed by atoms with van der Waals surface area (Å²) in [4.78, 5) is 23.2. The van der Waals surface area contributed by atoms with E-state index in [1.165, 1.54) is 20.0 Å². The molecule has 0 atom stereocenters. The minimum absolute atomic E-state index is 0.0105. The zero-order valence-corrected chi connectivity index (χ0v) is 15.3. The van der Waals surface area contributed by atoms with Gasteiger partial charge in [0.1, 0.15) is 0 Å². The summed E-state index contributed by atoms with van der Waals surface area (Å²) in [6, 6.07) is 6.70. The molecular formula is C19H25N3O4. The lowest BCUT2D eigenvalue weighted by Gasteiger charge is -2.03. The molecular weight excluding hydrogens is 334 g/mol. The highest BCUT2D eigenvalue weighted by molar-refractivity contribution is 5.89. The number of carbonyl (C=O) groups is 2. The normalized spacial score (nSPS) is 10.5. The van der Waals surface area contributed by atoms with Gasteiger partial charge in [-0.2, -0.15) is 0 Å². The fraction of sp³-hybridized carbons (Fsp3) is 0.474. The van der Waals surface area contributed by atoms with Crippen LogP contribution >= 0.6 is 0 Å². The number of unbranched alkanes of at least 4 members (excludes halogenated alkanes) is 3. The Bertz CT molecular complexity index is 710. The maximum absolute atomic E-state index is 11.8. The Morgan fingerprint density at radius 2 is 1.88 bits per heavy atom. The minimum atomic E-state index is -0.400.